The SMILES string of the molecule is O=C(NCC1CCCO1)C1CN(S(=O)(=O)C2CC2)C1. The molecular formula is C12H20N2O4S. The Morgan fingerprint density at radius 1 is 1.26 bits per heavy atom. The summed E-state index contributed by atoms with van der Waals surface area (Å²) in [6, 6.07) is 0. The minimum absolute atomic E-state index is 0.0438. The van der Waals surface area contributed by atoms with Crippen LogP contribution in [0.15, 0.2) is 0 Å². The molecule has 1 unspecified atom stereocenters. The second kappa shape index (κ2) is 5.03. The maximum atomic E-state index is 11.9. The van der Waals surface area contributed by atoms with Gasteiger partial charge >= 0.3 is 0 Å². The molecule has 2 saturated heterocycles. The molecule has 108 valence electrons. The van der Waals surface area contributed by atoms with Crippen molar-refractivity contribution in [2.45, 2.75) is 37.0 Å². The van der Waals surface area contributed by atoms with Crippen LogP contribution < -0.4 is 5.32 Å². The van der Waals surface area contributed by atoms with E-state index in [1.807, 2.05) is 0 Å². The molecule has 0 radical (unpaired) electrons. The fraction of sp³-hybridized carbons (Fsp3) is 0.917. The number of rotatable bonds is 5. The molecular weight excluding hydrogens is 268 g/mol. The summed E-state index contributed by atoms with van der Waals surface area (Å²) < 4.78 is 30.6. The Balaban J connectivity index is 1.41. The standard InChI is InChI=1S/C12H20N2O4S/c15-12(13-6-10-2-1-5-18-10)9-7-14(8-9)19(16,17)11-3-4-11/h9-11H,1-8H2,(H,13,15). The van der Waals surface area contributed by atoms with Crippen LogP contribution in [0.5, 0.6) is 0 Å². The summed E-state index contributed by atoms with van der Waals surface area (Å²) in [5.41, 5.74) is 0. The quantitative estimate of drug-likeness (QED) is 0.754. The molecule has 2 heterocycles. The zero-order chi connectivity index (χ0) is 13.5. The number of nitrogens with one attached hydrogen (secondary N) is 1. The lowest BCUT2D eigenvalue weighted by atomic mass is 10.0. The first-order valence-corrected chi connectivity index (χ1v) is 8.46. The van der Waals surface area contributed by atoms with E-state index in [-0.39, 0.29) is 23.2 Å². The molecule has 1 N–H and O–H groups in total. The van der Waals surface area contributed by atoms with E-state index in [0.717, 1.165) is 32.3 Å². The molecule has 3 rings (SSSR count). The number of hydrogen-bond donors (Lipinski definition) is 1. The van der Waals surface area contributed by atoms with Gasteiger partial charge in [0.2, 0.25) is 15.9 Å². The highest BCUT2D eigenvalue weighted by Gasteiger charge is 2.46. The van der Waals surface area contributed by atoms with Crippen LogP contribution >= 0.6 is 0 Å². The van der Waals surface area contributed by atoms with Gasteiger partial charge in [0.15, 0.2) is 0 Å². The highest BCUT2D eigenvalue weighted by Crippen LogP contribution is 2.34. The van der Waals surface area contributed by atoms with E-state index >= 15 is 0 Å². The Hall–Kier alpha value is -0.660. The van der Waals surface area contributed by atoms with E-state index in [2.05, 4.69) is 5.32 Å². The first-order valence-electron chi connectivity index (χ1n) is 6.95. The van der Waals surface area contributed by atoms with Gasteiger partial charge in [-0.15, -0.1) is 0 Å². The van der Waals surface area contributed by atoms with Crippen molar-refractivity contribution < 1.29 is 17.9 Å². The second-order valence-electron chi connectivity index (χ2n) is 5.64. The van der Waals surface area contributed by atoms with Crippen molar-refractivity contribution in [3.05, 3.63) is 0 Å². The van der Waals surface area contributed by atoms with E-state index in [1.54, 1.807) is 0 Å². The van der Waals surface area contributed by atoms with Gasteiger partial charge in [-0.3, -0.25) is 4.79 Å². The smallest absolute Gasteiger partial charge is 0.225 e. The van der Waals surface area contributed by atoms with Gasteiger partial charge in [0.25, 0.3) is 0 Å². The molecule has 0 aromatic heterocycles. The maximum absolute atomic E-state index is 11.9. The van der Waals surface area contributed by atoms with Crippen molar-refractivity contribution in [2.75, 3.05) is 26.2 Å². The lowest BCUT2D eigenvalue weighted by Crippen LogP contribution is -2.56. The number of nitrogens with zero attached hydrogens (tertiary/aromatic N) is 1. The molecule has 0 aromatic carbocycles. The van der Waals surface area contributed by atoms with Crippen LogP contribution in [0.1, 0.15) is 25.7 Å². The van der Waals surface area contributed by atoms with Crippen molar-refractivity contribution in [3.63, 3.8) is 0 Å². The minimum atomic E-state index is -3.10. The molecule has 0 bridgehead atoms. The van der Waals surface area contributed by atoms with Crippen molar-refractivity contribution in [2.24, 2.45) is 5.92 Å². The molecule has 19 heavy (non-hydrogen) atoms. The molecule has 6 nitrogen and oxygen atoms in total. The third kappa shape index (κ3) is 2.78. The number of ether oxygens (including phenoxy) is 1. The van der Waals surface area contributed by atoms with Gasteiger partial charge in [-0.05, 0) is 25.7 Å². The van der Waals surface area contributed by atoms with Gasteiger partial charge in [-0.25, -0.2) is 8.42 Å². The summed E-state index contributed by atoms with van der Waals surface area (Å²) >= 11 is 0. The molecule has 0 spiro atoms. The maximum Gasteiger partial charge on any atom is 0.225 e. The topological polar surface area (TPSA) is 75.7 Å². The van der Waals surface area contributed by atoms with Crippen LogP contribution in [0.2, 0.25) is 0 Å². The largest absolute Gasteiger partial charge is 0.376 e. The van der Waals surface area contributed by atoms with Gasteiger partial charge < -0.3 is 10.1 Å². The fourth-order valence-corrected chi connectivity index (χ4v) is 4.48. The van der Waals surface area contributed by atoms with Gasteiger partial charge in [-0.2, -0.15) is 4.31 Å². The van der Waals surface area contributed by atoms with E-state index in [0.29, 0.717) is 19.6 Å². The number of carbonyl (C=O) groups is 1. The van der Waals surface area contributed by atoms with Crippen LogP contribution in [0, 0.1) is 5.92 Å². The van der Waals surface area contributed by atoms with Crippen molar-refractivity contribution in [1.82, 2.24) is 9.62 Å². The molecule has 2 aliphatic heterocycles. The second-order valence-corrected chi connectivity index (χ2v) is 7.85. The minimum Gasteiger partial charge on any atom is -0.376 e. The van der Waals surface area contributed by atoms with Crippen molar-refractivity contribution in [1.29, 1.82) is 0 Å². The Bertz CT molecular complexity index is 448. The van der Waals surface area contributed by atoms with Crippen LogP contribution in [0.3, 0.4) is 0 Å². The molecule has 0 aromatic rings. The molecule has 1 atom stereocenters. The van der Waals surface area contributed by atoms with Crippen molar-refractivity contribution >= 4 is 15.9 Å². The number of hydrogen-bond acceptors (Lipinski definition) is 4. The van der Waals surface area contributed by atoms with Crippen LogP contribution in [0.4, 0.5) is 0 Å². The first kappa shape index (κ1) is 13.3. The van der Waals surface area contributed by atoms with Crippen molar-refractivity contribution in [3.8, 4) is 0 Å². The number of carbonyl (C=O) groups excluding carboxylic acids is 1. The molecule has 7 heteroatoms. The third-order valence-electron chi connectivity index (χ3n) is 4.05. The number of sulfonamides is 1. The molecule has 3 aliphatic rings. The molecule has 1 saturated carbocycles. The monoisotopic (exact) mass is 288 g/mol. The fourth-order valence-electron chi connectivity index (χ4n) is 2.55. The van der Waals surface area contributed by atoms with Gasteiger partial charge in [0, 0.05) is 26.2 Å². The number of amides is 1. The van der Waals surface area contributed by atoms with Gasteiger partial charge in [0.05, 0.1) is 17.3 Å². The summed E-state index contributed by atoms with van der Waals surface area (Å²) in [4.78, 5) is 11.9. The summed E-state index contributed by atoms with van der Waals surface area (Å²) in [6.45, 7) is 2.01. The van der Waals surface area contributed by atoms with E-state index < -0.39 is 10.0 Å². The first-order chi connectivity index (χ1) is 9.07. The van der Waals surface area contributed by atoms with Crippen LogP contribution in [0.25, 0.3) is 0 Å². The summed E-state index contributed by atoms with van der Waals surface area (Å²) in [6.07, 6.45) is 3.73. The summed E-state index contributed by atoms with van der Waals surface area (Å²) in [5, 5.41) is 2.68. The van der Waals surface area contributed by atoms with Crippen LogP contribution in [-0.4, -0.2) is 56.2 Å². The Morgan fingerprint density at radius 2 is 2.00 bits per heavy atom. The van der Waals surface area contributed by atoms with Gasteiger partial charge in [-0.1, -0.05) is 0 Å². The highest BCUT2D eigenvalue weighted by molar-refractivity contribution is 7.90. The molecule has 1 aliphatic carbocycles. The average molecular weight is 288 g/mol. The Morgan fingerprint density at radius 3 is 2.58 bits per heavy atom. The van der Waals surface area contributed by atoms with E-state index in [9.17, 15) is 13.2 Å². The predicted octanol–water partition coefficient (Wildman–Crippen LogP) is -0.294. The summed E-state index contributed by atoms with van der Waals surface area (Å²) in [7, 11) is -3.10. The lowest BCUT2D eigenvalue weighted by molar-refractivity contribution is -0.128. The van der Waals surface area contributed by atoms with E-state index in [4.69, 9.17) is 4.74 Å². The Labute approximate surface area is 113 Å². The Kier molecular flexibility index (Phi) is 3.53. The molecule has 3 fully saturated rings. The predicted molar refractivity (Wildman–Crippen MR) is 69.0 cm³/mol. The van der Waals surface area contributed by atoms with Gasteiger partial charge in [0.1, 0.15) is 0 Å². The zero-order valence-electron chi connectivity index (χ0n) is 10.9. The summed E-state index contributed by atoms with van der Waals surface area (Å²) in [5.74, 6) is -0.229. The zero-order valence-corrected chi connectivity index (χ0v) is 11.7. The van der Waals surface area contributed by atoms with Crippen LogP contribution in [-0.2, 0) is 19.6 Å². The molecule has 1 amide bonds. The van der Waals surface area contributed by atoms with E-state index in [1.165, 1.54) is 4.31 Å². The third-order valence-corrected chi connectivity index (χ3v) is 6.38. The average Bonchev–Trinajstić information content (AvgIpc) is 3.03. The normalized spacial score (nSPS) is 29.2. The highest BCUT2D eigenvalue weighted by atomic mass is 32.2. The lowest BCUT2D eigenvalue weighted by Gasteiger charge is -2.37.